The fourth-order valence-corrected chi connectivity index (χ4v) is 1.90. The van der Waals surface area contributed by atoms with Gasteiger partial charge in [-0.2, -0.15) is 13.2 Å². The van der Waals surface area contributed by atoms with Crippen molar-refractivity contribution in [3.8, 4) is 11.1 Å². The highest BCUT2D eigenvalue weighted by atomic mass is 19.4. The summed E-state index contributed by atoms with van der Waals surface area (Å²) in [6.07, 6.45) is -4.32. The molecule has 0 bridgehead atoms. The third-order valence-electron chi connectivity index (χ3n) is 2.64. The van der Waals surface area contributed by atoms with E-state index < -0.39 is 11.7 Å². The highest BCUT2D eigenvalue weighted by Crippen LogP contribution is 2.38. The van der Waals surface area contributed by atoms with Gasteiger partial charge in [-0.15, -0.1) is 0 Å². The molecule has 2 aromatic rings. The van der Waals surface area contributed by atoms with Crippen LogP contribution in [0.4, 0.5) is 13.2 Å². The fraction of sp³-hybridized carbons (Fsp3) is 0.143. The van der Waals surface area contributed by atoms with Gasteiger partial charge in [0.15, 0.2) is 0 Å². The van der Waals surface area contributed by atoms with Crippen molar-refractivity contribution in [1.82, 2.24) is 0 Å². The van der Waals surface area contributed by atoms with Crippen molar-refractivity contribution in [2.75, 3.05) is 0 Å². The van der Waals surface area contributed by atoms with Gasteiger partial charge in [-0.05, 0) is 23.6 Å². The zero-order chi connectivity index (χ0) is 12.5. The molecule has 0 radical (unpaired) electrons. The van der Waals surface area contributed by atoms with Crippen molar-refractivity contribution in [2.24, 2.45) is 0 Å². The average molecular weight is 236 g/mol. The lowest BCUT2D eigenvalue weighted by Gasteiger charge is -2.15. The van der Waals surface area contributed by atoms with Gasteiger partial charge in [0.25, 0.3) is 0 Å². The molecule has 3 heteroatoms. The molecule has 2 rings (SSSR count). The van der Waals surface area contributed by atoms with E-state index in [2.05, 4.69) is 0 Å². The van der Waals surface area contributed by atoms with Crippen molar-refractivity contribution in [3.05, 3.63) is 59.7 Å². The van der Waals surface area contributed by atoms with Gasteiger partial charge in [0.05, 0.1) is 5.56 Å². The summed E-state index contributed by atoms with van der Waals surface area (Å²) < 4.78 is 39.0. The van der Waals surface area contributed by atoms with Gasteiger partial charge >= 0.3 is 6.18 Å². The Balaban J connectivity index is 2.67. The number of alkyl halides is 3. The highest BCUT2D eigenvalue weighted by molar-refractivity contribution is 5.69. The van der Waals surface area contributed by atoms with Crippen molar-refractivity contribution >= 4 is 0 Å². The molecule has 0 aromatic heterocycles. The third-order valence-corrected chi connectivity index (χ3v) is 2.64. The summed E-state index contributed by atoms with van der Waals surface area (Å²) in [5.41, 5.74) is 0.520. The van der Waals surface area contributed by atoms with E-state index in [1.807, 2.05) is 0 Å². The summed E-state index contributed by atoms with van der Waals surface area (Å²) in [6, 6.07) is 13.3. The zero-order valence-corrected chi connectivity index (χ0v) is 9.25. The van der Waals surface area contributed by atoms with Gasteiger partial charge in [-0.3, -0.25) is 0 Å². The Bertz CT molecular complexity index is 513. The van der Waals surface area contributed by atoms with E-state index in [-0.39, 0.29) is 11.1 Å². The third kappa shape index (κ3) is 2.33. The minimum Gasteiger partial charge on any atom is -0.166 e. The number of hydrogen-bond donors (Lipinski definition) is 0. The SMILES string of the molecule is Cc1cccc(-c2ccccc2)c1C(F)(F)F. The first-order valence-electron chi connectivity index (χ1n) is 5.22. The lowest BCUT2D eigenvalue weighted by molar-refractivity contribution is -0.137. The molecule has 0 aliphatic carbocycles. The molecule has 0 saturated heterocycles. The normalized spacial score (nSPS) is 11.5. The first kappa shape index (κ1) is 11.7. The number of hydrogen-bond acceptors (Lipinski definition) is 0. The Kier molecular flexibility index (Phi) is 2.92. The van der Waals surface area contributed by atoms with Crippen LogP contribution >= 0.6 is 0 Å². The molecule has 0 aliphatic heterocycles. The van der Waals surface area contributed by atoms with E-state index in [0.29, 0.717) is 5.56 Å². The number of aryl methyl sites for hydroxylation is 1. The summed E-state index contributed by atoms with van der Waals surface area (Å²) in [5, 5.41) is 0. The van der Waals surface area contributed by atoms with Crippen molar-refractivity contribution in [3.63, 3.8) is 0 Å². The van der Waals surface area contributed by atoms with Crippen LogP contribution in [0.15, 0.2) is 48.5 Å². The number of halogens is 3. The molecule has 0 unspecified atom stereocenters. The van der Waals surface area contributed by atoms with Crippen LogP contribution in [-0.4, -0.2) is 0 Å². The van der Waals surface area contributed by atoms with Crippen LogP contribution in [0.2, 0.25) is 0 Å². The molecule has 0 heterocycles. The van der Waals surface area contributed by atoms with Crippen LogP contribution in [0.25, 0.3) is 11.1 Å². The highest BCUT2D eigenvalue weighted by Gasteiger charge is 2.35. The molecule has 0 fully saturated rings. The van der Waals surface area contributed by atoms with Crippen LogP contribution < -0.4 is 0 Å². The van der Waals surface area contributed by atoms with Crippen LogP contribution in [0, 0.1) is 6.92 Å². The monoisotopic (exact) mass is 236 g/mol. The molecule has 0 spiro atoms. The molecular formula is C14H11F3. The molecule has 0 saturated carbocycles. The number of rotatable bonds is 1. The second-order valence-electron chi connectivity index (χ2n) is 3.86. The minimum atomic E-state index is -4.32. The van der Waals surface area contributed by atoms with Gasteiger partial charge in [-0.25, -0.2) is 0 Å². The number of benzene rings is 2. The fourth-order valence-electron chi connectivity index (χ4n) is 1.90. The van der Waals surface area contributed by atoms with Crippen LogP contribution in [0.5, 0.6) is 0 Å². The topological polar surface area (TPSA) is 0 Å². The maximum Gasteiger partial charge on any atom is 0.417 e. The molecule has 2 aromatic carbocycles. The molecule has 0 amide bonds. The van der Waals surface area contributed by atoms with Crippen LogP contribution in [-0.2, 0) is 6.18 Å². The van der Waals surface area contributed by atoms with Crippen LogP contribution in [0.3, 0.4) is 0 Å². The molecule has 88 valence electrons. The molecule has 17 heavy (non-hydrogen) atoms. The second kappa shape index (κ2) is 4.24. The van der Waals surface area contributed by atoms with Gasteiger partial charge in [0, 0.05) is 0 Å². The van der Waals surface area contributed by atoms with Gasteiger partial charge < -0.3 is 0 Å². The average Bonchev–Trinajstić information content (AvgIpc) is 2.28. The van der Waals surface area contributed by atoms with E-state index in [9.17, 15) is 13.2 Å². The first-order valence-corrected chi connectivity index (χ1v) is 5.22. The zero-order valence-electron chi connectivity index (χ0n) is 9.25. The van der Waals surface area contributed by atoms with E-state index in [4.69, 9.17) is 0 Å². The van der Waals surface area contributed by atoms with E-state index >= 15 is 0 Å². The van der Waals surface area contributed by atoms with E-state index in [0.717, 1.165) is 0 Å². The Morgan fingerprint density at radius 1 is 0.824 bits per heavy atom. The summed E-state index contributed by atoms with van der Waals surface area (Å²) in [7, 11) is 0. The quantitative estimate of drug-likeness (QED) is 0.674. The van der Waals surface area contributed by atoms with Gasteiger partial charge in [-0.1, -0.05) is 48.5 Å². The summed E-state index contributed by atoms with van der Waals surface area (Å²) in [5.74, 6) is 0. The Labute approximate surface area is 97.7 Å². The largest absolute Gasteiger partial charge is 0.417 e. The summed E-state index contributed by atoms with van der Waals surface area (Å²) in [4.78, 5) is 0. The Morgan fingerprint density at radius 3 is 2.06 bits per heavy atom. The molecule has 0 nitrogen and oxygen atoms in total. The maximum absolute atomic E-state index is 13.0. The van der Waals surface area contributed by atoms with Crippen LogP contribution in [0.1, 0.15) is 11.1 Å². The Hall–Kier alpha value is -1.77. The van der Waals surface area contributed by atoms with E-state index in [1.165, 1.54) is 19.1 Å². The minimum absolute atomic E-state index is 0.234. The lowest BCUT2D eigenvalue weighted by Crippen LogP contribution is -2.09. The summed E-state index contributed by atoms with van der Waals surface area (Å²) in [6.45, 7) is 1.48. The van der Waals surface area contributed by atoms with Crippen molar-refractivity contribution in [1.29, 1.82) is 0 Å². The molecule has 0 N–H and O–H groups in total. The van der Waals surface area contributed by atoms with Crippen molar-refractivity contribution < 1.29 is 13.2 Å². The van der Waals surface area contributed by atoms with Gasteiger partial charge in [0.2, 0.25) is 0 Å². The molecule has 0 atom stereocenters. The molecule has 0 aliphatic rings. The van der Waals surface area contributed by atoms with E-state index in [1.54, 1.807) is 36.4 Å². The van der Waals surface area contributed by atoms with Crippen molar-refractivity contribution in [2.45, 2.75) is 13.1 Å². The predicted octanol–water partition coefficient (Wildman–Crippen LogP) is 4.68. The first-order chi connectivity index (χ1) is 8.00. The second-order valence-corrected chi connectivity index (χ2v) is 3.86. The molecular weight excluding hydrogens is 225 g/mol. The Morgan fingerprint density at radius 2 is 1.47 bits per heavy atom. The standard InChI is InChI=1S/C14H11F3/c1-10-6-5-9-12(13(10)14(15,16)17)11-7-3-2-4-8-11/h2-9H,1H3. The maximum atomic E-state index is 13.0. The smallest absolute Gasteiger partial charge is 0.166 e. The van der Waals surface area contributed by atoms with Gasteiger partial charge in [0.1, 0.15) is 0 Å². The lowest BCUT2D eigenvalue weighted by atomic mass is 9.96. The summed E-state index contributed by atoms with van der Waals surface area (Å²) >= 11 is 0. The predicted molar refractivity (Wildman–Crippen MR) is 61.6 cm³/mol.